The van der Waals surface area contributed by atoms with Crippen molar-refractivity contribution in [1.29, 1.82) is 0 Å². The van der Waals surface area contributed by atoms with Crippen LogP contribution in [-0.4, -0.2) is 31.0 Å². The summed E-state index contributed by atoms with van der Waals surface area (Å²) in [6.07, 6.45) is 4.44. The molecule has 0 spiro atoms. The van der Waals surface area contributed by atoms with Gasteiger partial charge in [-0.1, -0.05) is 0 Å². The van der Waals surface area contributed by atoms with Crippen LogP contribution in [0.5, 0.6) is 0 Å². The first-order chi connectivity index (χ1) is 6.38. The van der Waals surface area contributed by atoms with Gasteiger partial charge in [0.2, 0.25) is 0 Å². The molecule has 2 rings (SSSR count). The summed E-state index contributed by atoms with van der Waals surface area (Å²) in [7, 11) is 0. The van der Waals surface area contributed by atoms with Crippen LogP contribution in [0.25, 0.3) is 0 Å². The van der Waals surface area contributed by atoms with Crippen LogP contribution in [0.1, 0.15) is 19.3 Å². The second kappa shape index (κ2) is 4.11. The molecule has 74 valence electrons. The second-order valence-electron chi connectivity index (χ2n) is 3.64. The van der Waals surface area contributed by atoms with Crippen LogP contribution in [0.15, 0.2) is 11.8 Å². The Hall–Kier alpha value is -0.540. The quantitative estimate of drug-likeness (QED) is 0.698. The molecule has 13 heavy (non-hydrogen) atoms. The fraction of sp³-hybridized carbons (Fsp3) is 0.800. The van der Waals surface area contributed by atoms with Gasteiger partial charge in [0.25, 0.3) is 0 Å². The predicted octanol–water partition coefficient (Wildman–Crippen LogP) is 1.08. The fourth-order valence-electron chi connectivity index (χ4n) is 1.91. The molecule has 3 heteroatoms. The molecule has 1 N–H and O–H groups in total. The molecule has 0 aliphatic carbocycles. The van der Waals surface area contributed by atoms with E-state index in [0.717, 1.165) is 44.8 Å². The van der Waals surface area contributed by atoms with Crippen LogP contribution in [0.2, 0.25) is 0 Å². The van der Waals surface area contributed by atoms with Crippen LogP contribution >= 0.6 is 0 Å². The third kappa shape index (κ3) is 2.03. The number of rotatable bonds is 2. The van der Waals surface area contributed by atoms with Crippen molar-refractivity contribution in [2.45, 2.75) is 25.4 Å². The Bertz CT molecular complexity index is 194. The van der Waals surface area contributed by atoms with Crippen LogP contribution in [0, 0.1) is 5.92 Å². The first kappa shape index (κ1) is 9.03. The first-order valence-electron chi connectivity index (χ1n) is 4.96. The number of hydrogen-bond acceptors (Lipinski definition) is 3. The van der Waals surface area contributed by atoms with Gasteiger partial charge in [-0.3, -0.25) is 0 Å². The summed E-state index contributed by atoms with van der Waals surface area (Å²) >= 11 is 0. The maximum Gasteiger partial charge on any atom is 0.121 e. The highest BCUT2D eigenvalue weighted by molar-refractivity contribution is 5.05. The van der Waals surface area contributed by atoms with E-state index < -0.39 is 6.10 Å². The van der Waals surface area contributed by atoms with Gasteiger partial charge >= 0.3 is 0 Å². The van der Waals surface area contributed by atoms with E-state index in [0.29, 0.717) is 5.92 Å². The minimum Gasteiger partial charge on any atom is -0.495 e. The molecule has 0 aromatic rings. The van der Waals surface area contributed by atoms with Crippen molar-refractivity contribution in [3.05, 3.63) is 11.8 Å². The first-order valence-corrected chi connectivity index (χ1v) is 4.96. The van der Waals surface area contributed by atoms with Crippen molar-refractivity contribution in [2.24, 2.45) is 5.92 Å². The smallest absolute Gasteiger partial charge is 0.121 e. The molecule has 0 bridgehead atoms. The van der Waals surface area contributed by atoms with Gasteiger partial charge in [-0.05, 0) is 24.8 Å². The van der Waals surface area contributed by atoms with Gasteiger partial charge in [-0.25, -0.2) is 0 Å². The van der Waals surface area contributed by atoms with Crippen LogP contribution in [0.4, 0.5) is 0 Å². The zero-order valence-corrected chi connectivity index (χ0v) is 7.74. The maximum atomic E-state index is 9.92. The minimum atomic E-state index is -0.397. The highest BCUT2D eigenvalue weighted by Gasteiger charge is 2.27. The largest absolute Gasteiger partial charge is 0.495 e. The Kier molecular flexibility index (Phi) is 2.86. The lowest BCUT2D eigenvalue weighted by molar-refractivity contribution is 0.00172. The van der Waals surface area contributed by atoms with Gasteiger partial charge in [0.1, 0.15) is 11.9 Å². The zero-order valence-electron chi connectivity index (χ0n) is 7.74. The summed E-state index contributed by atoms with van der Waals surface area (Å²) in [6.45, 7) is 2.28. The summed E-state index contributed by atoms with van der Waals surface area (Å²) < 4.78 is 10.6. The number of ether oxygens (including phenoxy) is 2. The average molecular weight is 184 g/mol. The lowest BCUT2D eigenvalue weighted by Crippen LogP contribution is -2.28. The van der Waals surface area contributed by atoms with Crippen LogP contribution < -0.4 is 0 Å². The molecule has 0 amide bonds. The molecule has 0 aromatic carbocycles. The van der Waals surface area contributed by atoms with E-state index in [4.69, 9.17) is 9.47 Å². The Morgan fingerprint density at radius 2 is 2.08 bits per heavy atom. The van der Waals surface area contributed by atoms with Crippen molar-refractivity contribution in [3.63, 3.8) is 0 Å². The van der Waals surface area contributed by atoms with Gasteiger partial charge < -0.3 is 14.6 Å². The molecule has 0 radical (unpaired) electrons. The molecule has 0 saturated carbocycles. The monoisotopic (exact) mass is 184 g/mol. The van der Waals surface area contributed by atoms with Gasteiger partial charge in [0.05, 0.1) is 6.61 Å². The van der Waals surface area contributed by atoms with Crippen molar-refractivity contribution >= 4 is 0 Å². The highest BCUT2D eigenvalue weighted by atomic mass is 16.5. The van der Waals surface area contributed by atoms with E-state index in [1.54, 1.807) is 0 Å². The molecule has 2 aliphatic rings. The molecule has 1 unspecified atom stereocenters. The summed E-state index contributed by atoms with van der Waals surface area (Å²) in [5, 5.41) is 9.92. The SMILES string of the molecule is OC(C1=CCCO1)C1CCOCC1. The third-order valence-electron chi connectivity index (χ3n) is 2.74. The highest BCUT2D eigenvalue weighted by Crippen LogP contribution is 2.26. The van der Waals surface area contributed by atoms with Crippen molar-refractivity contribution < 1.29 is 14.6 Å². The third-order valence-corrected chi connectivity index (χ3v) is 2.74. The summed E-state index contributed by atoms with van der Waals surface area (Å²) in [6, 6.07) is 0. The predicted molar refractivity (Wildman–Crippen MR) is 48.2 cm³/mol. The number of hydrogen-bond donors (Lipinski definition) is 1. The summed E-state index contributed by atoms with van der Waals surface area (Å²) in [4.78, 5) is 0. The van der Waals surface area contributed by atoms with Gasteiger partial charge in [0, 0.05) is 19.6 Å². The summed E-state index contributed by atoms with van der Waals surface area (Å²) in [5.41, 5.74) is 0. The lowest BCUT2D eigenvalue weighted by atomic mass is 9.93. The van der Waals surface area contributed by atoms with Gasteiger partial charge in [0.15, 0.2) is 0 Å². The Morgan fingerprint density at radius 1 is 1.31 bits per heavy atom. The second-order valence-corrected chi connectivity index (χ2v) is 3.64. The maximum absolute atomic E-state index is 9.92. The normalized spacial score (nSPS) is 26.7. The Balaban J connectivity index is 1.90. The van der Waals surface area contributed by atoms with E-state index in [-0.39, 0.29) is 0 Å². The standard InChI is InChI=1S/C10H16O3/c11-10(9-2-1-5-13-9)8-3-6-12-7-4-8/h2,8,10-11H,1,3-7H2. The van der Waals surface area contributed by atoms with E-state index in [1.165, 1.54) is 0 Å². The van der Waals surface area contributed by atoms with Gasteiger partial charge in [-0.15, -0.1) is 0 Å². The van der Waals surface area contributed by atoms with Crippen molar-refractivity contribution in [3.8, 4) is 0 Å². The minimum absolute atomic E-state index is 0.332. The molecule has 0 aromatic heterocycles. The molecule has 3 nitrogen and oxygen atoms in total. The van der Waals surface area contributed by atoms with E-state index in [1.807, 2.05) is 6.08 Å². The van der Waals surface area contributed by atoms with Crippen molar-refractivity contribution in [1.82, 2.24) is 0 Å². The molecule has 2 heterocycles. The van der Waals surface area contributed by atoms with E-state index in [2.05, 4.69) is 0 Å². The molecule has 1 saturated heterocycles. The average Bonchev–Trinajstić information content (AvgIpc) is 2.71. The molecule has 1 atom stereocenters. The van der Waals surface area contributed by atoms with Crippen LogP contribution in [-0.2, 0) is 9.47 Å². The molecular formula is C10H16O3. The number of aliphatic hydroxyl groups excluding tert-OH is 1. The molecular weight excluding hydrogens is 168 g/mol. The molecule has 1 fully saturated rings. The number of aliphatic hydroxyl groups is 1. The Morgan fingerprint density at radius 3 is 2.69 bits per heavy atom. The van der Waals surface area contributed by atoms with Crippen LogP contribution in [0.3, 0.4) is 0 Å². The van der Waals surface area contributed by atoms with E-state index >= 15 is 0 Å². The Labute approximate surface area is 78.3 Å². The van der Waals surface area contributed by atoms with Gasteiger partial charge in [-0.2, -0.15) is 0 Å². The topological polar surface area (TPSA) is 38.7 Å². The fourth-order valence-corrected chi connectivity index (χ4v) is 1.91. The lowest BCUT2D eigenvalue weighted by Gasteiger charge is -2.26. The zero-order chi connectivity index (χ0) is 9.10. The summed E-state index contributed by atoms with van der Waals surface area (Å²) in [5.74, 6) is 1.12. The van der Waals surface area contributed by atoms with Crippen molar-refractivity contribution in [2.75, 3.05) is 19.8 Å². The van der Waals surface area contributed by atoms with E-state index in [9.17, 15) is 5.11 Å². The molecule has 2 aliphatic heterocycles.